The molecule has 1 unspecified atom stereocenters. The van der Waals surface area contributed by atoms with E-state index in [4.69, 9.17) is 16.2 Å². The van der Waals surface area contributed by atoms with Crippen LogP contribution in [-0.4, -0.2) is 43.0 Å². The Morgan fingerprint density at radius 3 is 2.90 bits per heavy atom. The molecule has 1 atom stereocenters. The van der Waals surface area contributed by atoms with Gasteiger partial charge in [-0.15, -0.1) is 0 Å². The van der Waals surface area contributed by atoms with E-state index in [0.717, 1.165) is 6.42 Å². The number of anilines is 2. The van der Waals surface area contributed by atoms with Crippen molar-refractivity contribution < 1.29 is 14.3 Å². The molecule has 0 spiro atoms. The van der Waals surface area contributed by atoms with Gasteiger partial charge in [-0.2, -0.15) is 0 Å². The van der Waals surface area contributed by atoms with Gasteiger partial charge in [-0.3, -0.25) is 14.5 Å². The molecule has 114 valence electrons. The first-order valence-corrected chi connectivity index (χ1v) is 6.78. The zero-order chi connectivity index (χ0) is 15.4. The number of hydrogen-bond donors (Lipinski definition) is 3. The summed E-state index contributed by atoms with van der Waals surface area (Å²) in [6, 6.07) is 4.65. The van der Waals surface area contributed by atoms with Crippen molar-refractivity contribution in [1.82, 2.24) is 4.90 Å². The van der Waals surface area contributed by atoms with Crippen molar-refractivity contribution >= 4 is 23.2 Å². The summed E-state index contributed by atoms with van der Waals surface area (Å²) in [5.74, 6) is -0.0840. The molecular formula is C14H20N4O3. The van der Waals surface area contributed by atoms with Crippen LogP contribution in [0.25, 0.3) is 0 Å². The molecule has 7 heteroatoms. The summed E-state index contributed by atoms with van der Waals surface area (Å²) in [6.45, 7) is 0.806. The Morgan fingerprint density at radius 1 is 1.48 bits per heavy atom. The first-order valence-electron chi connectivity index (χ1n) is 6.78. The maximum Gasteiger partial charge on any atom is 0.238 e. The van der Waals surface area contributed by atoms with E-state index in [-0.39, 0.29) is 24.4 Å². The highest BCUT2D eigenvalue weighted by Crippen LogP contribution is 2.26. The molecule has 21 heavy (non-hydrogen) atoms. The molecule has 0 radical (unpaired) electrons. The van der Waals surface area contributed by atoms with Gasteiger partial charge in [-0.25, -0.2) is 0 Å². The molecule has 1 aromatic carbocycles. The number of methoxy groups -OCH3 is 1. The van der Waals surface area contributed by atoms with Crippen molar-refractivity contribution in [2.75, 3.05) is 31.2 Å². The van der Waals surface area contributed by atoms with Gasteiger partial charge in [-0.1, -0.05) is 0 Å². The Kier molecular flexibility index (Phi) is 4.64. The number of nitrogens with zero attached hydrogens (tertiary/aromatic N) is 1. The zero-order valence-corrected chi connectivity index (χ0v) is 12.0. The number of nitrogen functional groups attached to an aromatic ring is 1. The van der Waals surface area contributed by atoms with Crippen molar-refractivity contribution in [3.05, 3.63) is 18.2 Å². The number of hydrogen-bond acceptors (Lipinski definition) is 5. The molecule has 1 fully saturated rings. The van der Waals surface area contributed by atoms with Crippen LogP contribution in [0.4, 0.5) is 11.4 Å². The minimum Gasteiger partial charge on any atom is -0.495 e. The van der Waals surface area contributed by atoms with Crippen molar-refractivity contribution in [3.8, 4) is 5.75 Å². The van der Waals surface area contributed by atoms with Crippen molar-refractivity contribution in [3.63, 3.8) is 0 Å². The van der Waals surface area contributed by atoms with Gasteiger partial charge in [0.1, 0.15) is 5.75 Å². The van der Waals surface area contributed by atoms with E-state index >= 15 is 0 Å². The maximum absolute atomic E-state index is 12.1. The summed E-state index contributed by atoms with van der Waals surface area (Å²) in [5, 5.41) is 2.75. The van der Waals surface area contributed by atoms with Crippen LogP contribution in [0.2, 0.25) is 0 Å². The Bertz CT molecular complexity index is 547. The molecule has 2 amide bonds. The fraction of sp³-hybridized carbons (Fsp3) is 0.429. The molecule has 0 saturated carbocycles. The van der Waals surface area contributed by atoms with E-state index in [0.29, 0.717) is 30.1 Å². The van der Waals surface area contributed by atoms with Crippen molar-refractivity contribution in [2.45, 2.75) is 18.9 Å². The summed E-state index contributed by atoms with van der Waals surface area (Å²) < 4.78 is 5.17. The predicted molar refractivity (Wildman–Crippen MR) is 79.8 cm³/mol. The molecule has 0 bridgehead atoms. The van der Waals surface area contributed by atoms with Crippen LogP contribution >= 0.6 is 0 Å². The van der Waals surface area contributed by atoms with E-state index in [2.05, 4.69) is 5.32 Å². The van der Waals surface area contributed by atoms with Gasteiger partial charge in [0.05, 0.1) is 25.4 Å². The second kappa shape index (κ2) is 6.45. The van der Waals surface area contributed by atoms with Crippen LogP contribution in [0.1, 0.15) is 12.8 Å². The quantitative estimate of drug-likeness (QED) is 0.670. The summed E-state index contributed by atoms with van der Waals surface area (Å²) in [7, 11) is 1.52. The molecule has 1 aromatic rings. The molecule has 1 saturated heterocycles. The van der Waals surface area contributed by atoms with Gasteiger partial charge < -0.3 is 21.5 Å². The second-order valence-electron chi connectivity index (χ2n) is 5.04. The van der Waals surface area contributed by atoms with Crippen LogP contribution < -0.4 is 21.5 Å². The molecule has 7 nitrogen and oxygen atoms in total. The molecule has 1 aliphatic heterocycles. The maximum atomic E-state index is 12.1. The summed E-state index contributed by atoms with van der Waals surface area (Å²) >= 11 is 0. The lowest BCUT2D eigenvalue weighted by Crippen LogP contribution is -2.43. The van der Waals surface area contributed by atoms with E-state index in [1.807, 2.05) is 0 Å². The number of primary amides is 1. The van der Waals surface area contributed by atoms with Gasteiger partial charge in [-0.05, 0) is 37.6 Å². The number of nitrogens with two attached hydrogens (primary N) is 2. The third-order valence-electron chi connectivity index (χ3n) is 3.54. The Hall–Kier alpha value is -2.28. The lowest BCUT2D eigenvalue weighted by atomic mass is 10.2. The number of ether oxygens (including phenoxy) is 1. The van der Waals surface area contributed by atoms with Gasteiger partial charge in [0.15, 0.2) is 0 Å². The molecule has 1 aliphatic rings. The minimum absolute atomic E-state index is 0.117. The monoisotopic (exact) mass is 292 g/mol. The van der Waals surface area contributed by atoms with Gasteiger partial charge in [0.2, 0.25) is 11.8 Å². The number of likely N-dealkylation sites (tertiary alicyclic amines) is 1. The topological polar surface area (TPSA) is 111 Å². The molecule has 0 aromatic heterocycles. The predicted octanol–water partition coefficient (Wildman–Crippen LogP) is 0.166. The number of carbonyl (C=O) groups is 2. The summed E-state index contributed by atoms with van der Waals surface area (Å²) in [6.07, 6.45) is 1.56. The first kappa shape index (κ1) is 15.1. The molecular weight excluding hydrogens is 272 g/mol. The Morgan fingerprint density at radius 2 is 2.24 bits per heavy atom. The summed E-state index contributed by atoms with van der Waals surface area (Å²) in [4.78, 5) is 25.2. The lowest BCUT2D eigenvalue weighted by molar-refractivity contribution is -0.123. The van der Waals surface area contributed by atoms with Crippen molar-refractivity contribution in [2.24, 2.45) is 5.73 Å². The SMILES string of the molecule is COc1ccc(N)cc1NC(=O)CN1CCCC1C(N)=O. The largest absolute Gasteiger partial charge is 0.495 e. The number of benzene rings is 1. The van der Waals surface area contributed by atoms with Gasteiger partial charge in [0, 0.05) is 5.69 Å². The molecule has 5 N–H and O–H groups in total. The highest BCUT2D eigenvalue weighted by atomic mass is 16.5. The zero-order valence-electron chi connectivity index (χ0n) is 12.0. The Balaban J connectivity index is 2.02. The van der Waals surface area contributed by atoms with E-state index in [1.165, 1.54) is 7.11 Å². The third-order valence-corrected chi connectivity index (χ3v) is 3.54. The van der Waals surface area contributed by atoms with E-state index in [1.54, 1.807) is 23.1 Å². The van der Waals surface area contributed by atoms with E-state index < -0.39 is 0 Å². The highest BCUT2D eigenvalue weighted by Gasteiger charge is 2.30. The fourth-order valence-corrected chi connectivity index (χ4v) is 2.54. The Labute approximate surface area is 123 Å². The number of amides is 2. The molecule has 0 aliphatic carbocycles. The van der Waals surface area contributed by atoms with Crippen LogP contribution in [0.3, 0.4) is 0 Å². The van der Waals surface area contributed by atoms with Crippen LogP contribution in [0, 0.1) is 0 Å². The average molecular weight is 292 g/mol. The fourth-order valence-electron chi connectivity index (χ4n) is 2.54. The normalized spacial score (nSPS) is 18.4. The number of rotatable bonds is 5. The van der Waals surface area contributed by atoms with Crippen LogP contribution in [0.5, 0.6) is 5.75 Å². The number of carbonyl (C=O) groups excluding carboxylic acids is 2. The highest BCUT2D eigenvalue weighted by molar-refractivity contribution is 5.94. The van der Waals surface area contributed by atoms with E-state index in [9.17, 15) is 9.59 Å². The van der Waals surface area contributed by atoms with Gasteiger partial charge >= 0.3 is 0 Å². The van der Waals surface area contributed by atoms with Crippen LogP contribution in [0.15, 0.2) is 18.2 Å². The molecule has 2 rings (SSSR count). The van der Waals surface area contributed by atoms with Crippen LogP contribution in [-0.2, 0) is 9.59 Å². The van der Waals surface area contributed by atoms with Gasteiger partial charge in [0.25, 0.3) is 0 Å². The third kappa shape index (κ3) is 3.63. The first-order chi connectivity index (χ1) is 10.0. The number of nitrogens with one attached hydrogen (secondary N) is 1. The summed E-state index contributed by atoms with van der Waals surface area (Å²) in [5.41, 5.74) is 12.1. The lowest BCUT2D eigenvalue weighted by Gasteiger charge is -2.21. The molecule has 1 heterocycles. The standard InChI is InChI=1S/C14H20N4O3/c1-21-12-5-4-9(15)7-10(12)17-13(19)8-18-6-2-3-11(18)14(16)20/h4-5,7,11H,2-3,6,8,15H2,1H3,(H2,16,20)(H,17,19). The smallest absolute Gasteiger partial charge is 0.238 e. The second-order valence-corrected chi connectivity index (χ2v) is 5.04. The van der Waals surface area contributed by atoms with Crippen molar-refractivity contribution in [1.29, 1.82) is 0 Å². The average Bonchev–Trinajstić information content (AvgIpc) is 2.87. The minimum atomic E-state index is -0.387.